The first-order valence-electron chi connectivity index (χ1n) is 9.55. The monoisotopic (exact) mass is 425 g/mol. The molecule has 1 aromatic rings. The third-order valence-electron chi connectivity index (χ3n) is 5.60. The standard InChI is InChI=1S/C18H24ClN5O3S/c19-13-8-12(18(26)27)9-20-17(13)22-4-6-23(7-5-22)24-3-1-2-15(24)16(25)14-10-28-11-21-14/h8-9,14-15,21H,1-7,10-11H2,(H,26,27)/t14-,15+/m1/s1. The summed E-state index contributed by atoms with van der Waals surface area (Å²) in [6.45, 7) is 3.95. The molecule has 2 N–H and O–H groups in total. The lowest BCUT2D eigenvalue weighted by atomic mass is 10.0. The molecule has 2 atom stereocenters. The van der Waals surface area contributed by atoms with Crippen molar-refractivity contribution < 1.29 is 14.7 Å². The molecule has 1 aromatic heterocycles. The number of carbonyl (C=O) groups is 2. The van der Waals surface area contributed by atoms with Crippen LogP contribution in [-0.2, 0) is 4.79 Å². The smallest absolute Gasteiger partial charge is 0.337 e. The molecule has 10 heteroatoms. The Hall–Kier alpha value is -1.39. The molecule has 0 amide bonds. The number of carbonyl (C=O) groups excluding carboxylic acids is 1. The maximum Gasteiger partial charge on any atom is 0.337 e. The molecule has 4 heterocycles. The van der Waals surface area contributed by atoms with Gasteiger partial charge in [-0.05, 0) is 18.9 Å². The van der Waals surface area contributed by atoms with Crippen LogP contribution in [0.1, 0.15) is 23.2 Å². The van der Waals surface area contributed by atoms with Crippen molar-refractivity contribution in [3.05, 3.63) is 22.8 Å². The summed E-state index contributed by atoms with van der Waals surface area (Å²) < 4.78 is 0. The Balaban J connectivity index is 1.38. The van der Waals surface area contributed by atoms with E-state index in [1.54, 1.807) is 11.8 Å². The zero-order valence-corrected chi connectivity index (χ0v) is 17.1. The predicted molar refractivity (Wildman–Crippen MR) is 109 cm³/mol. The number of Topliss-reactive ketones (excluding diaryl/α,β-unsaturated/α-hetero) is 1. The van der Waals surface area contributed by atoms with E-state index in [-0.39, 0.29) is 17.6 Å². The molecule has 28 heavy (non-hydrogen) atoms. The maximum atomic E-state index is 12.9. The first-order valence-corrected chi connectivity index (χ1v) is 11.1. The number of aromatic nitrogens is 1. The van der Waals surface area contributed by atoms with E-state index in [0.29, 0.717) is 16.6 Å². The molecular weight excluding hydrogens is 402 g/mol. The largest absolute Gasteiger partial charge is 0.478 e. The number of hydrazine groups is 1. The SMILES string of the molecule is O=C(O)c1cnc(N2CCN(N3CCC[C@H]3C(=O)[C@H]3CSCN3)CC2)c(Cl)c1. The van der Waals surface area contributed by atoms with E-state index in [9.17, 15) is 9.59 Å². The van der Waals surface area contributed by atoms with Crippen LogP contribution in [0.4, 0.5) is 5.82 Å². The van der Waals surface area contributed by atoms with Gasteiger partial charge in [-0.15, -0.1) is 11.8 Å². The summed E-state index contributed by atoms with van der Waals surface area (Å²) in [6.07, 6.45) is 3.31. The second-order valence-electron chi connectivity index (χ2n) is 7.27. The lowest BCUT2D eigenvalue weighted by Crippen LogP contribution is -2.58. The van der Waals surface area contributed by atoms with Crippen LogP contribution in [-0.4, -0.2) is 88.3 Å². The molecule has 0 aliphatic carbocycles. The number of hydrogen-bond donors (Lipinski definition) is 2. The van der Waals surface area contributed by atoms with Crippen molar-refractivity contribution in [2.45, 2.75) is 24.9 Å². The minimum absolute atomic E-state index is 0.0207. The Morgan fingerprint density at radius 3 is 2.68 bits per heavy atom. The van der Waals surface area contributed by atoms with E-state index in [1.807, 2.05) is 0 Å². The summed E-state index contributed by atoms with van der Waals surface area (Å²) in [7, 11) is 0. The number of carboxylic acids is 1. The molecular formula is C18H24ClN5O3S. The minimum Gasteiger partial charge on any atom is -0.478 e. The zero-order valence-electron chi connectivity index (χ0n) is 15.5. The predicted octanol–water partition coefficient (Wildman–Crippen LogP) is 1.17. The second-order valence-corrected chi connectivity index (χ2v) is 8.71. The van der Waals surface area contributed by atoms with Crippen LogP contribution < -0.4 is 10.2 Å². The first-order chi connectivity index (χ1) is 13.5. The second kappa shape index (κ2) is 8.54. The number of aromatic carboxylic acids is 1. The van der Waals surface area contributed by atoms with Crippen LogP contribution in [0.2, 0.25) is 5.02 Å². The molecule has 0 radical (unpaired) electrons. The highest BCUT2D eigenvalue weighted by molar-refractivity contribution is 7.99. The fourth-order valence-electron chi connectivity index (χ4n) is 4.13. The topological polar surface area (TPSA) is 89.0 Å². The van der Waals surface area contributed by atoms with Crippen molar-refractivity contribution in [2.75, 3.05) is 49.3 Å². The molecule has 0 bridgehead atoms. The fourth-order valence-corrected chi connectivity index (χ4v) is 5.37. The number of carboxylic acid groups (broad SMARTS) is 1. The minimum atomic E-state index is -1.04. The van der Waals surface area contributed by atoms with E-state index in [2.05, 4.69) is 25.2 Å². The summed E-state index contributed by atoms with van der Waals surface area (Å²) in [5, 5.41) is 17.3. The molecule has 4 rings (SSSR count). The van der Waals surface area contributed by atoms with Gasteiger partial charge in [0.05, 0.1) is 22.7 Å². The van der Waals surface area contributed by atoms with Crippen molar-refractivity contribution in [1.82, 2.24) is 20.3 Å². The highest BCUT2D eigenvalue weighted by Gasteiger charge is 2.39. The Morgan fingerprint density at radius 2 is 2.04 bits per heavy atom. The highest BCUT2D eigenvalue weighted by Crippen LogP contribution is 2.28. The number of rotatable bonds is 5. The molecule has 3 fully saturated rings. The van der Waals surface area contributed by atoms with E-state index < -0.39 is 5.97 Å². The van der Waals surface area contributed by atoms with Gasteiger partial charge < -0.3 is 10.0 Å². The number of hydrogen-bond acceptors (Lipinski definition) is 8. The van der Waals surface area contributed by atoms with Gasteiger partial charge in [0.1, 0.15) is 5.82 Å². The molecule has 152 valence electrons. The Labute approximate surface area is 173 Å². The average molecular weight is 426 g/mol. The number of thioether (sulfide) groups is 1. The summed E-state index contributed by atoms with van der Waals surface area (Å²) in [5.41, 5.74) is 0.0875. The van der Waals surface area contributed by atoms with Crippen LogP contribution >= 0.6 is 23.4 Å². The van der Waals surface area contributed by atoms with Gasteiger partial charge in [0.2, 0.25) is 0 Å². The zero-order chi connectivity index (χ0) is 19.7. The van der Waals surface area contributed by atoms with Crippen molar-refractivity contribution in [3.63, 3.8) is 0 Å². The van der Waals surface area contributed by atoms with Gasteiger partial charge in [-0.1, -0.05) is 11.6 Å². The number of anilines is 1. The summed E-state index contributed by atoms with van der Waals surface area (Å²) in [5.74, 6) is 1.63. The average Bonchev–Trinajstić information content (AvgIpc) is 3.39. The number of nitrogens with zero attached hydrogens (tertiary/aromatic N) is 4. The van der Waals surface area contributed by atoms with E-state index >= 15 is 0 Å². The molecule has 8 nitrogen and oxygen atoms in total. The van der Waals surface area contributed by atoms with Crippen LogP contribution in [0.25, 0.3) is 0 Å². The molecule has 3 aliphatic rings. The van der Waals surface area contributed by atoms with Gasteiger partial charge in [0, 0.05) is 50.6 Å². The van der Waals surface area contributed by atoms with Gasteiger partial charge in [0.25, 0.3) is 0 Å². The lowest BCUT2D eigenvalue weighted by Gasteiger charge is -2.42. The third-order valence-corrected chi connectivity index (χ3v) is 6.82. The molecule has 3 saturated heterocycles. The van der Waals surface area contributed by atoms with Crippen LogP contribution in [0.3, 0.4) is 0 Å². The fraction of sp³-hybridized carbons (Fsp3) is 0.611. The third kappa shape index (κ3) is 3.99. The van der Waals surface area contributed by atoms with Gasteiger partial charge in [0.15, 0.2) is 5.78 Å². The van der Waals surface area contributed by atoms with Crippen molar-refractivity contribution >= 4 is 40.9 Å². The Morgan fingerprint density at radius 1 is 1.25 bits per heavy atom. The summed E-state index contributed by atoms with van der Waals surface area (Å²) >= 11 is 8.04. The molecule has 0 saturated carbocycles. The Bertz CT molecular complexity index is 753. The van der Waals surface area contributed by atoms with E-state index in [4.69, 9.17) is 16.7 Å². The van der Waals surface area contributed by atoms with Crippen molar-refractivity contribution in [1.29, 1.82) is 0 Å². The Kier molecular flexibility index (Phi) is 6.07. The van der Waals surface area contributed by atoms with Crippen molar-refractivity contribution in [3.8, 4) is 0 Å². The van der Waals surface area contributed by atoms with Crippen molar-refractivity contribution in [2.24, 2.45) is 0 Å². The molecule has 0 spiro atoms. The van der Waals surface area contributed by atoms with Crippen LogP contribution in [0, 0.1) is 0 Å². The number of halogens is 1. The first kappa shape index (κ1) is 19.9. The molecule has 0 unspecified atom stereocenters. The van der Waals surface area contributed by atoms with E-state index in [0.717, 1.165) is 57.2 Å². The van der Waals surface area contributed by atoms with Crippen LogP contribution in [0.15, 0.2) is 12.3 Å². The highest BCUT2D eigenvalue weighted by atomic mass is 35.5. The van der Waals surface area contributed by atoms with Crippen LogP contribution in [0.5, 0.6) is 0 Å². The van der Waals surface area contributed by atoms with Gasteiger partial charge >= 0.3 is 5.97 Å². The molecule has 0 aromatic carbocycles. The number of ketones is 1. The summed E-state index contributed by atoms with van der Waals surface area (Å²) in [6, 6.07) is 1.40. The quantitative estimate of drug-likeness (QED) is 0.721. The van der Waals surface area contributed by atoms with Gasteiger partial charge in [-0.3, -0.25) is 10.1 Å². The van der Waals surface area contributed by atoms with Gasteiger partial charge in [-0.2, -0.15) is 0 Å². The molecule has 3 aliphatic heterocycles. The summed E-state index contributed by atoms with van der Waals surface area (Å²) in [4.78, 5) is 30.3. The number of pyridine rings is 1. The van der Waals surface area contributed by atoms with Gasteiger partial charge in [-0.25, -0.2) is 19.8 Å². The normalized spacial score (nSPS) is 26.7. The maximum absolute atomic E-state index is 12.9. The lowest BCUT2D eigenvalue weighted by molar-refractivity contribution is -0.132. The van der Waals surface area contributed by atoms with E-state index in [1.165, 1.54) is 12.3 Å². The number of nitrogens with one attached hydrogen (secondary N) is 1. The number of piperazine rings is 1.